The van der Waals surface area contributed by atoms with Gasteiger partial charge in [-0.15, -0.1) is 0 Å². The molecule has 1 aromatic carbocycles. The lowest BCUT2D eigenvalue weighted by Crippen LogP contribution is -2.24. The number of aromatic nitrogens is 3. The van der Waals surface area contributed by atoms with E-state index in [0.717, 1.165) is 4.47 Å². The van der Waals surface area contributed by atoms with Gasteiger partial charge in [0, 0.05) is 17.1 Å². The highest BCUT2D eigenvalue weighted by molar-refractivity contribution is 9.10. The molecule has 5 nitrogen and oxygen atoms in total. The number of rotatable bonds is 3. The largest absolute Gasteiger partial charge is 0.345 e. The number of carbonyl (C=O) groups excluding carboxylic acids is 1. The van der Waals surface area contributed by atoms with Gasteiger partial charge in [-0.25, -0.2) is 0 Å². The summed E-state index contributed by atoms with van der Waals surface area (Å²) in [5.41, 5.74) is 0.606. The molecule has 1 amide bonds. The zero-order valence-corrected chi connectivity index (χ0v) is 12.0. The van der Waals surface area contributed by atoms with Crippen LogP contribution < -0.4 is 5.32 Å². The number of hydrogen-bond donors (Lipinski definition) is 2. The monoisotopic (exact) mass is 326 g/mol. The number of aromatic amines is 1. The van der Waals surface area contributed by atoms with Gasteiger partial charge in [-0.2, -0.15) is 5.10 Å². The summed E-state index contributed by atoms with van der Waals surface area (Å²) < 4.78 is 3.19. The Labute approximate surface area is 117 Å². The molecule has 2 aromatic rings. The zero-order valence-electron chi connectivity index (χ0n) is 9.61. The molecule has 7 heteroatoms. The maximum Gasteiger partial charge on any atom is 0.251 e. The maximum atomic E-state index is 11.8. The molecule has 2 rings (SSSR count). The second kappa shape index (κ2) is 5.45. The second-order valence-corrected chi connectivity index (χ2v) is 5.00. The molecule has 0 saturated heterocycles. The van der Waals surface area contributed by atoms with Gasteiger partial charge in [-0.05, 0) is 36.5 Å². The standard InChI is InChI=1S/C11H11BrN4OS/c1-16-9(14-15-11(16)18)6-13-10(17)7-2-4-8(12)5-3-7/h2-5H,6H2,1H3,(H,13,17)(H,15,18). The molecule has 2 N–H and O–H groups in total. The predicted octanol–water partition coefficient (Wildman–Crippen LogP) is 2.17. The Balaban J connectivity index is 2.02. The van der Waals surface area contributed by atoms with Gasteiger partial charge in [-0.3, -0.25) is 9.89 Å². The molecular formula is C11H11BrN4OS. The Morgan fingerprint density at radius 3 is 2.72 bits per heavy atom. The average molecular weight is 327 g/mol. The molecule has 0 spiro atoms. The molecule has 94 valence electrons. The lowest BCUT2D eigenvalue weighted by atomic mass is 10.2. The molecule has 0 saturated carbocycles. The quantitative estimate of drug-likeness (QED) is 0.850. The minimum Gasteiger partial charge on any atom is -0.345 e. The van der Waals surface area contributed by atoms with Crippen molar-refractivity contribution in [1.29, 1.82) is 0 Å². The van der Waals surface area contributed by atoms with Gasteiger partial charge in [-0.1, -0.05) is 15.9 Å². The molecule has 1 aromatic heterocycles. The van der Waals surface area contributed by atoms with Crippen LogP contribution in [-0.2, 0) is 13.6 Å². The van der Waals surface area contributed by atoms with Crippen molar-refractivity contribution in [1.82, 2.24) is 20.1 Å². The third-order valence-corrected chi connectivity index (χ3v) is 3.38. The molecule has 0 radical (unpaired) electrons. The Morgan fingerprint density at radius 1 is 1.50 bits per heavy atom. The van der Waals surface area contributed by atoms with Crippen LogP contribution in [0.5, 0.6) is 0 Å². The molecule has 0 fully saturated rings. The fourth-order valence-electron chi connectivity index (χ4n) is 1.40. The highest BCUT2D eigenvalue weighted by Crippen LogP contribution is 2.10. The van der Waals surface area contributed by atoms with Crippen LogP contribution in [0.1, 0.15) is 16.2 Å². The third-order valence-electron chi connectivity index (χ3n) is 2.49. The molecule has 0 bridgehead atoms. The van der Waals surface area contributed by atoms with E-state index in [0.29, 0.717) is 22.7 Å². The van der Waals surface area contributed by atoms with E-state index in [9.17, 15) is 4.79 Å². The van der Waals surface area contributed by atoms with Gasteiger partial charge in [0.05, 0.1) is 6.54 Å². The van der Waals surface area contributed by atoms with Crippen molar-refractivity contribution in [2.24, 2.45) is 7.05 Å². The molecule has 0 aliphatic rings. The van der Waals surface area contributed by atoms with Crippen LogP contribution in [0, 0.1) is 4.77 Å². The zero-order chi connectivity index (χ0) is 13.1. The minimum absolute atomic E-state index is 0.142. The topological polar surface area (TPSA) is 62.7 Å². The number of nitrogens with zero attached hydrogens (tertiary/aromatic N) is 2. The summed E-state index contributed by atoms with van der Waals surface area (Å²) >= 11 is 8.31. The van der Waals surface area contributed by atoms with E-state index >= 15 is 0 Å². The van der Waals surface area contributed by atoms with Crippen LogP contribution >= 0.6 is 28.1 Å². The summed E-state index contributed by atoms with van der Waals surface area (Å²) in [5.74, 6) is 0.543. The fraction of sp³-hybridized carbons (Fsp3) is 0.182. The smallest absolute Gasteiger partial charge is 0.251 e. The van der Waals surface area contributed by atoms with Crippen molar-refractivity contribution in [2.45, 2.75) is 6.54 Å². The van der Waals surface area contributed by atoms with Gasteiger partial charge >= 0.3 is 0 Å². The maximum absolute atomic E-state index is 11.8. The van der Waals surface area contributed by atoms with E-state index in [1.54, 1.807) is 23.7 Å². The molecule has 0 atom stereocenters. The van der Waals surface area contributed by atoms with Crippen LogP contribution in [0.4, 0.5) is 0 Å². The van der Waals surface area contributed by atoms with Crippen molar-refractivity contribution >= 4 is 34.1 Å². The third kappa shape index (κ3) is 2.85. The normalized spacial score (nSPS) is 10.3. The predicted molar refractivity (Wildman–Crippen MR) is 73.7 cm³/mol. The highest BCUT2D eigenvalue weighted by Gasteiger charge is 2.07. The summed E-state index contributed by atoms with van der Waals surface area (Å²) in [6.07, 6.45) is 0. The second-order valence-electron chi connectivity index (χ2n) is 3.69. The van der Waals surface area contributed by atoms with Crippen molar-refractivity contribution < 1.29 is 4.79 Å². The summed E-state index contributed by atoms with van der Waals surface area (Å²) in [5, 5.41) is 9.47. The van der Waals surface area contributed by atoms with Crippen molar-refractivity contribution in [3.05, 3.63) is 44.9 Å². The number of benzene rings is 1. The number of halogens is 1. The number of carbonyl (C=O) groups is 1. The van der Waals surface area contributed by atoms with Gasteiger partial charge in [0.25, 0.3) is 5.91 Å². The van der Waals surface area contributed by atoms with Gasteiger partial charge in [0.2, 0.25) is 0 Å². The number of nitrogens with one attached hydrogen (secondary N) is 2. The average Bonchev–Trinajstić information content (AvgIpc) is 2.68. The highest BCUT2D eigenvalue weighted by atomic mass is 79.9. The minimum atomic E-state index is -0.142. The van der Waals surface area contributed by atoms with E-state index in [1.807, 2.05) is 12.1 Å². The van der Waals surface area contributed by atoms with Crippen LogP contribution in [0.15, 0.2) is 28.7 Å². The Bertz CT molecular complexity index is 617. The SMILES string of the molecule is Cn1c(CNC(=O)c2ccc(Br)cc2)n[nH]c1=S. The first kappa shape index (κ1) is 13.0. The van der Waals surface area contributed by atoms with E-state index in [2.05, 4.69) is 31.4 Å². The first-order valence-corrected chi connectivity index (χ1v) is 6.42. The van der Waals surface area contributed by atoms with Crippen molar-refractivity contribution in [3.8, 4) is 0 Å². The summed E-state index contributed by atoms with van der Waals surface area (Å²) in [4.78, 5) is 11.8. The lowest BCUT2D eigenvalue weighted by Gasteiger charge is -2.04. The Hall–Kier alpha value is -1.47. The summed E-state index contributed by atoms with van der Waals surface area (Å²) in [6.45, 7) is 0.332. The Morgan fingerprint density at radius 2 is 2.17 bits per heavy atom. The number of amides is 1. The summed E-state index contributed by atoms with van der Waals surface area (Å²) in [6, 6.07) is 7.15. The fourth-order valence-corrected chi connectivity index (χ4v) is 1.82. The van der Waals surface area contributed by atoms with Crippen LogP contribution in [-0.4, -0.2) is 20.7 Å². The van der Waals surface area contributed by atoms with Crippen molar-refractivity contribution in [2.75, 3.05) is 0 Å². The molecular weight excluding hydrogens is 316 g/mol. The van der Waals surface area contributed by atoms with E-state index in [1.165, 1.54) is 0 Å². The molecule has 0 aliphatic carbocycles. The molecule has 0 unspecified atom stereocenters. The van der Waals surface area contributed by atoms with Crippen LogP contribution in [0.3, 0.4) is 0 Å². The van der Waals surface area contributed by atoms with Crippen LogP contribution in [0.2, 0.25) is 0 Å². The van der Waals surface area contributed by atoms with Gasteiger partial charge in [0.15, 0.2) is 10.6 Å². The van der Waals surface area contributed by atoms with E-state index in [-0.39, 0.29) is 5.91 Å². The summed E-state index contributed by atoms with van der Waals surface area (Å²) in [7, 11) is 1.80. The van der Waals surface area contributed by atoms with Gasteiger partial charge < -0.3 is 9.88 Å². The molecule has 18 heavy (non-hydrogen) atoms. The van der Waals surface area contributed by atoms with Crippen molar-refractivity contribution in [3.63, 3.8) is 0 Å². The van der Waals surface area contributed by atoms with E-state index in [4.69, 9.17) is 12.2 Å². The van der Waals surface area contributed by atoms with Crippen LogP contribution in [0.25, 0.3) is 0 Å². The number of hydrogen-bond acceptors (Lipinski definition) is 3. The molecule has 1 heterocycles. The Kier molecular flexibility index (Phi) is 3.93. The lowest BCUT2D eigenvalue weighted by molar-refractivity contribution is 0.0949. The first-order valence-electron chi connectivity index (χ1n) is 5.22. The van der Waals surface area contributed by atoms with E-state index < -0.39 is 0 Å². The first-order chi connectivity index (χ1) is 8.58. The van der Waals surface area contributed by atoms with Gasteiger partial charge in [0.1, 0.15) is 0 Å². The molecule has 0 aliphatic heterocycles. The number of H-pyrrole nitrogens is 1.